The molecule has 3 heterocycles. The molecule has 0 radical (unpaired) electrons. The zero-order valence-corrected chi connectivity index (χ0v) is 16.2. The Morgan fingerprint density at radius 3 is 2.22 bits per heavy atom. The smallest absolute Gasteiger partial charge is 0.399 e. The first-order valence-corrected chi connectivity index (χ1v) is 9.02. The zero-order valence-electron chi connectivity index (χ0n) is 16.2. The fraction of sp³-hybridized carbons (Fsp3) is 0.526. The summed E-state index contributed by atoms with van der Waals surface area (Å²) in [6.07, 6.45) is 0. The molecule has 2 aliphatic rings. The van der Waals surface area contributed by atoms with Gasteiger partial charge in [0.25, 0.3) is 11.8 Å². The molecule has 4 rings (SSSR count). The molecule has 1 aromatic heterocycles. The SMILES string of the molecule is Cn1c(C(=O)N2CC(F)(F)C2)cc2ccc(B3OC(C)(C)C(C)(C)O3)cc21. The third kappa shape index (κ3) is 2.86. The minimum atomic E-state index is -2.77. The van der Waals surface area contributed by atoms with Crippen LogP contribution in [-0.2, 0) is 16.4 Å². The second-order valence-corrected chi connectivity index (χ2v) is 8.51. The van der Waals surface area contributed by atoms with Crippen molar-refractivity contribution in [2.24, 2.45) is 7.05 Å². The van der Waals surface area contributed by atoms with Crippen LogP contribution in [0.1, 0.15) is 38.2 Å². The molecule has 2 saturated heterocycles. The van der Waals surface area contributed by atoms with Crippen molar-refractivity contribution in [3.05, 3.63) is 30.0 Å². The van der Waals surface area contributed by atoms with Crippen molar-refractivity contribution in [2.75, 3.05) is 13.1 Å². The van der Waals surface area contributed by atoms with Gasteiger partial charge in [-0.05, 0) is 45.3 Å². The van der Waals surface area contributed by atoms with E-state index in [9.17, 15) is 13.6 Å². The van der Waals surface area contributed by atoms with Crippen LogP contribution in [0, 0.1) is 0 Å². The summed E-state index contributed by atoms with van der Waals surface area (Å²) in [6.45, 7) is 6.93. The van der Waals surface area contributed by atoms with Crippen molar-refractivity contribution in [1.82, 2.24) is 9.47 Å². The van der Waals surface area contributed by atoms with Crippen LogP contribution in [0.5, 0.6) is 0 Å². The molecule has 0 spiro atoms. The largest absolute Gasteiger partial charge is 0.494 e. The third-order valence-electron chi connectivity index (χ3n) is 5.95. The quantitative estimate of drug-likeness (QED) is 0.757. The van der Waals surface area contributed by atoms with Crippen LogP contribution in [0.3, 0.4) is 0 Å². The number of nitrogens with zero attached hydrogens (tertiary/aromatic N) is 2. The molecule has 1 amide bonds. The van der Waals surface area contributed by atoms with Crippen LogP contribution in [0.2, 0.25) is 0 Å². The monoisotopic (exact) mass is 376 g/mol. The highest BCUT2D eigenvalue weighted by Crippen LogP contribution is 2.36. The molecule has 2 aromatic rings. The molecule has 0 atom stereocenters. The van der Waals surface area contributed by atoms with Crippen molar-refractivity contribution in [1.29, 1.82) is 0 Å². The molecule has 0 bridgehead atoms. The Balaban J connectivity index is 1.64. The summed E-state index contributed by atoms with van der Waals surface area (Å²) < 4.78 is 40.1. The van der Waals surface area contributed by atoms with Crippen molar-refractivity contribution in [3.8, 4) is 0 Å². The normalized spacial score (nSPS) is 22.9. The molecule has 0 N–H and O–H groups in total. The Kier molecular flexibility index (Phi) is 3.79. The van der Waals surface area contributed by atoms with Crippen LogP contribution >= 0.6 is 0 Å². The molecule has 2 fully saturated rings. The first kappa shape index (κ1) is 18.4. The first-order valence-electron chi connectivity index (χ1n) is 9.02. The lowest BCUT2D eigenvalue weighted by atomic mass is 9.79. The van der Waals surface area contributed by atoms with Crippen molar-refractivity contribution >= 4 is 29.4 Å². The highest BCUT2D eigenvalue weighted by molar-refractivity contribution is 6.62. The van der Waals surface area contributed by atoms with Gasteiger partial charge >= 0.3 is 7.12 Å². The lowest BCUT2D eigenvalue weighted by Crippen LogP contribution is -2.58. The lowest BCUT2D eigenvalue weighted by Gasteiger charge is -2.38. The van der Waals surface area contributed by atoms with Gasteiger partial charge in [0.15, 0.2) is 0 Å². The standard InChI is InChI=1S/C19H23BF2N2O3/c1-17(2)18(3,4)27-20(26-17)13-7-6-12-8-15(23(5)14(12)9-13)16(25)24-10-19(21,22)11-24/h6-9H,10-11H2,1-5H3. The average molecular weight is 376 g/mol. The number of hydrogen-bond donors (Lipinski definition) is 0. The van der Waals surface area contributed by atoms with Crippen molar-refractivity contribution in [3.63, 3.8) is 0 Å². The number of aryl methyl sites for hydroxylation is 1. The summed E-state index contributed by atoms with van der Waals surface area (Å²) in [5.74, 6) is -3.15. The Morgan fingerprint density at radius 1 is 1.07 bits per heavy atom. The molecule has 0 saturated carbocycles. The van der Waals surface area contributed by atoms with E-state index in [1.165, 1.54) is 4.90 Å². The third-order valence-corrected chi connectivity index (χ3v) is 5.95. The van der Waals surface area contributed by atoms with E-state index in [-0.39, 0.29) is 5.91 Å². The number of aromatic nitrogens is 1. The number of carbonyl (C=O) groups is 1. The van der Waals surface area contributed by atoms with Gasteiger partial charge in [-0.2, -0.15) is 0 Å². The molecule has 2 aliphatic heterocycles. The van der Waals surface area contributed by atoms with Gasteiger partial charge in [0.1, 0.15) is 5.69 Å². The Hall–Kier alpha value is -1.93. The summed E-state index contributed by atoms with van der Waals surface area (Å²) in [6, 6.07) is 7.48. The van der Waals surface area contributed by atoms with E-state index in [1.807, 2.05) is 45.9 Å². The number of amides is 1. The number of halogens is 2. The number of alkyl halides is 2. The Bertz CT molecular complexity index is 914. The van der Waals surface area contributed by atoms with Crippen LogP contribution in [0.15, 0.2) is 24.3 Å². The summed E-state index contributed by atoms with van der Waals surface area (Å²) in [5.41, 5.74) is 1.20. The number of likely N-dealkylation sites (tertiary alicyclic amines) is 1. The maximum Gasteiger partial charge on any atom is 0.494 e. The molecule has 1 aromatic carbocycles. The zero-order chi connectivity index (χ0) is 19.8. The fourth-order valence-electron chi connectivity index (χ4n) is 3.50. The summed E-state index contributed by atoms with van der Waals surface area (Å²) in [7, 11) is 1.27. The molecule has 0 unspecified atom stereocenters. The van der Waals surface area contributed by atoms with E-state index in [4.69, 9.17) is 9.31 Å². The van der Waals surface area contributed by atoms with Gasteiger partial charge in [0, 0.05) is 18.0 Å². The van der Waals surface area contributed by atoms with E-state index in [1.54, 1.807) is 17.7 Å². The maximum absolute atomic E-state index is 13.1. The maximum atomic E-state index is 13.1. The summed E-state index contributed by atoms with van der Waals surface area (Å²) in [5, 5.41) is 0.869. The van der Waals surface area contributed by atoms with Gasteiger partial charge in [-0.15, -0.1) is 0 Å². The predicted octanol–water partition coefficient (Wildman–Crippen LogP) is 2.57. The predicted molar refractivity (Wildman–Crippen MR) is 99.5 cm³/mol. The number of rotatable bonds is 2. The van der Waals surface area contributed by atoms with Gasteiger partial charge < -0.3 is 18.8 Å². The molecular formula is C19H23BF2N2O3. The van der Waals surface area contributed by atoms with Gasteiger partial charge in [-0.25, -0.2) is 8.78 Å². The van der Waals surface area contributed by atoms with Gasteiger partial charge in [-0.1, -0.05) is 12.1 Å². The lowest BCUT2D eigenvalue weighted by molar-refractivity contribution is -0.113. The highest BCUT2D eigenvalue weighted by Gasteiger charge is 2.52. The van der Waals surface area contributed by atoms with Gasteiger partial charge in [0.2, 0.25) is 0 Å². The summed E-state index contributed by atoms with van der Waals surface area (Å²) >= 11 is 0. The minimum absolute atomic E-state index is 0.378. The van der Waals surface area contributed by atoms with E-state index < -0.39 is 37.3 Å². The molecule has 144 valence electrons. The van der Waals surface area contributed by atoms with Crippen LogP contribution < -0.4 is 5.46 Å². The molecule has 27 heavy (non-hydrogen) atoms. The van der Waals surface area contributed by atoms with Crippen molar-refractivity contribution < 1.29 is 22.9 Å². The minimum Gasteiger partial charge on any atom is -0.399 e. The number of benzene rings is 1. The second kappa shape index (κ2) is 5.55. The number of hydrogen-bond acceptors (Lipinski definition) is 3. The van der Waals surface area contributed by atoms with E-state index in [2.05, 4.69) is 0 Å². The van der Waals surface area contributed by atoms with E-state index >= 15 is 0 Å². The van der Waals surface area contributed by atoms with Crippen molar-refractivity contribution in [2.45, 2.75) is 44.8 Å². The highest BCUT2D eigenvalue weighted by atomic mass is 19.3. The second-order valence-electron chi connectivity index (χ2n) is 8.51. The number of fused-ring (bicyclic) bond motifs is 1. The Morgan fingerprint density at radius 2 is 1.67 bits per heavy atom. The van der Waals surface area contributed by atoms with Crippen LogP contribution in [0.25, 0.3) is 10.9 Å². The van der Waals surface area contributed by atoms with E-state index in [0.29, 0.717) is 5.69 Å². The topological polar surface area (TPSA) is 43.7 Å². The molecule has 8 heteroatoms. The average Bonchev–Trinajstić information content (AvgIpc) is 2.97. The fourth-order valence-corrected chi connectivity index (χ4v) is 3.50. The van der Waals surface area contributed by atoms with Crippen LogP contribution in [-0.4, -0.2) is 52.7 Å². The molecule has 0 aliphatic carbocycles. The first-order chi connectivity index (χ1) is 12.4. The Labute approximate surface area is 157 Å². The van der Waals surface area contributed by atoms with Crippen LogP contribution in [0.4, 0.5) is 8.78 Å². The molecule has 5 nitrogen and oxygen atoms in total. The van der Waals surface area contributed by atoms with E-state index in [0.717, 1.165) is 16.4 Å². The number of carbonyl (C=O) groups excluding carboxylic acids is 1. The van der Waals surface area contributed by atoms with Gasteiger partial charge in [0.05, 0.1) is 24.3 Å². The molecular weight excluding hydrogens is 353 g/mol. The summed E-state index contributed by atoms with van der Waals surface area (Å²) in [4.78, 5) is 13.7. The van der Waals surface area contributed by atoms with Gasteiger partial charge in [-0.3, -0.25) is 4.79 Å².